The van der Waals surface area contributed by atoms with E-state index < -0.39 is 29.9 Å². The number of nitrogens with one attached hydrogen (secondary N) is 2. The van der Waals surface area contributed by atoms with Gasteiger partial charge in [0.05, 0.1) is 12.7 Å². The molecule has 0 aromatic heterocycles. The van der Waals surface area contributed by atoms with Crippen LogP contribution in [0.2, 0.25) is 0 Å². The third-order valence-electron chi connectivity index (χ3n) is 3.98. The monoisotopic (exact) mass is 420 g/mol. The van der Waals surface area contributed by atoms with Crippen molar-refractivity contribution < 1.29 is 32.3 Å². The Kier molecular flexibility index (Phi) is 7.74. The third-order valence-corrected chi connectivity index (χ3v) is 3.98. The second-order valence-corrected chi connectivity index (χ2v) is 6.16. The lowest BCUT2D eigenvalue weighted by Gasteiger charge is -2.17. The van der Waals surface area contributed by atoms with Gasteiger partial charge in [-0.3, -0.25) is 9.59 Å². The van der Waals surface area contributed by atoms with Crippen LogP contribution >= 0.6 is 0 Å². The second-order valence-electron chi connectivity index (χ2n) is 6.16. The van der Waals surface area contributed by atoms with Gasteiger partial charge in [0.1, 0.15) is 6.04 Å². The number of methoxy groups -OCH3 is 1. The number of esters is 1. The molecule has 0 aliphatic carbocycles. The van der Waals surface area contributed by atoms with E-state index in [0.29, 0.717) is 17.3 Å². The molecule has 0 fully saturated rings. The summed E-state index contributed by atoms with van der Waals surface area (Å²) in [7, 11) is 1.24. The fourth-order valence-electron chi connectivity index (χ4n) is 2.45. The highest BCUT2D eigenvalue weighted by molar-refractivity contribution is 5.97. The summed E-state index contributed by atoms with van der Waals surface area (Å²) >= 11 is 0. The minimum absolute atomic E-state index is 0.164. The van der Waals surface area contributed by atoms with Crippen molar-refractivity contribution in [2.75, 3.05) is 12.4 Å². The molecule has 0 radical (unpaired) electrons. The number of hydrogen-bond acceptors (Lipinski definition) is 5. The Hall–Kier alpha value is -3.62. The van der Waals surface area contributed by atoms with Crippen LogP contribution in [0, 0.1) is 0 Å². The highest BCUT2D eigenvalue weighted by Crippen LogP contribution is 2.16. The van der Waals surface area contributed by atoms with Crippen molar-refractivity contribution in [2.45, 2.75) is 18.6 Å². The molecule has 30 heavy (non-hydrogen) atoms. The molecule has 2 aromatic carbocycles. The SMILES string of the molecule is COC(=O)c1ccc(NC(=O)C(Cc2ccccc2)N/C=C/C(=O)C(F)(F)F)cc1. The highest BCUT2D eigenvalue weighted by atomic mass is 19.4. The second kappa shape index (κ2) is 10.2. The number of hydrogen-bond donors (Lipinski definition) is 2. The summed E-state index contributed by atoms with van der Waals surface area (Å²) in [5, 5.41) is 5.16. The van der Waals surface area contributed by atoms with Crippen LogP contribution in [0.15, 0.2) is 66.9 Å². The first-order chi connectivity index (χ1) is 14.2. The maximum atomic E-state index is 12.7. The van der Waals surface area contributed by atoms with Crippen LogP contribution in [0.5, 0.6) is 0 Å². The molecule has 2 rings (SSSR count). The normalized spacial score (nSPS) is 12.3. The molecule has 1 amide bonds. The number of halogens is 3. The Morgan fingerprint density at radius 2 is 1.67 bits per heavy atom. The van der Waals surface area contributed by atoms with E-state index in [4.69, 9.17) is 0 Å². The molecule has 2 N–H and O–H groups in total. The molecule has 0 heterocycles. The van der Waals surface area contributed by atoms with Gasteiger partial charge in [-0.2, -0.15) is 13.2 Å². The van der Waals surface area contributed by atoms with Crippen molar-refractivity contribution in [2.24, 2.45) is 0 Å². The standard InChI is InChI=1S/C21H19F3N2O4/c1-30-20(29)15-7-9-16(10-8-15)26-19(28)17(13-14-5-3-2-4-6-14)25-12-11-18(27)21(22,23)24/h2-12,17,25H,13H2,1H3,(H,26,28)/b12-11+. The van der Waals surface area contributed by atoms with Crippen molar-refractivity contribution in [1.29, 1.82) is 0 Å². The minimum Gasteiger partial charge on any atom is -0.465 e. The van der Waals surface area contributed by atoms with E-state index in [9.17, 15) is 27.6 Å². The number of carbonyl (C=O) groups is 3. The highest BCUT2D eigenvalue weighted by Gasteiger charge is 2.36. The van der Waals surface area contributed by atoms with Gasteiger partial charge in [0.2, 0.25) is 5.91 Å². The topological polar surface area (TPSA) is 84.5 Å². The first kappa shape index (κ1) is 22.7. The number of anilines is 1. The molecule has 6 nitrogen and oxygen atoms in total. The largest absolute Gasteiger partial charge is 0.465 e. The number of benzene rings is 2. The zero-order valence-corrected chi connectivity index (χ0v) is 15.9. The first-order valence-electron chi connectivity index (χ1n) is 8.77. The molecule has 0 spiro atoms. The summed E-state index contributed by atoms with van der Waals surface area (Å²) in [5.41, 5.74) is 1.44. The zero-order chi connectivity index (χ0) is 22.1. The molecule has 0 saturated carbocycles. The van der Waals surface area contributed by atoms with Crippen molar-refractivity contribution >= 4 is 23.3 Å². The maximum Gasteiger partial charge on any atom is 0.454 e. The van der Waals surface area contributed by atoms with E-state index in [1.54, 1.807) is 30.3 Å². The van der Waals surface area contributed by atoms with Gasteiger partial charge in [-0.15, -0.1) is 0 Å². The van der Waals surface area contributed by atoms with E-state index in [1.165, 1.54) is 31.4 Å². The molecular formula is C21H19F3N2O4. The number of ether oxygens (including phenoxy) is 1. The predicted octanol–water partition coefficient (Wildman–Crippen LogP) is 3.26. The zero-order valence-electron chi connectivity index (χ0n) is 15.9. The number of alkyl halides is 3. The number of amides is 1. The summed E-state index contributed by atoms with van der Waals surface area (Å²) in [6.45, 7) is 0. The van der Waals surface area contributed by atoms with Gasteiger partial charge in [-0.05, 0) is 29.8 Å². The van der Waals surface area contributed by atoms with E-state index in [0.717, 1.165) is 11.8 Å². The Morgan fingerprint density at radius 3 is 2.23 bits per heavy atom. The van der Waals surface area contributed by atoms with Gasteiger partial charge in [0, 0.05) is 24.4 Å². The Balaban J connectivity index is 2.12. The first-order valence-corrected chi connectivity index (χ1v) is 8.77. The number of ketones is 1. The van der Waals surface area contributed by atoms with Gasteiger partial charge < -0.3 is 15.4 Å². The summed E-state index contributed by atoms with van der Waals surface area (Å²) < 4.78 is 41.6. The van der Waals surface area contributed by atoms with Gasteiger partial charge >= 0.3 is 12.1 Å². The molecule has 0 bridgehead atoms. The van der Waals surface area contributed by atoms with E-state index in [1.807, 2.05) is 0 Å². The quantitative estimate of drug-likeness (QED) is 0.506. The number of allylic oxidation sites excluding steroid dienone is 1. The summed E-state index contributed by atoms with van der Waals surface area (Å²) in [5.74, 6) is -3.10. The van der Waals surface area contributed by atoms with Crippen LogP contribution in [0.1, 0.15) is 15.9 Å². The molecule has 2 aromatic rings. The van der Waals surface area contributed by atoms with E-state index in [2.05, 4.69) is 15.4 Å². The van der Waals surface area contributed by atoms with Crippen LogP contribution in [0.4, 0.5) is 18.9 Å². The Morgan fingerprint density at radius 1 is 1.03 bits per heavy atom. The maximum absolute atomic E-state index is 12.7. The van der Waals surface area contributed by atoms with Gasteiger partial charge in [-0.1, -0.05) is 30.3 Å². The fourth-order valence-corrected chi connectivity index (χ4v) is 2.45. The van der Waals surface area contributed by atoms with Crippen LogP contribution in [0.3, 0.4) is 0 Å². The molecule has 1 unspecified atom stereocenters. The molecule has 0 saturated heterocycles. The average Bonchev–Trinajstić information content (AvgIpc) is 2.73. The molecule has 0 aliphatic heterocycles. The summed E-state index contributed by atoms with van der Waals surface area (Å²) in [4.78, 5) is 35.1. The summed E-state index contributed by atoms with van der Waals surface area (Å²) in [6.07, 6.45) is -3.69. The van der Waals surface area contributed by atoms with Crippen molar-refractivity contribution in [1.82, 2.24) is 5.32 Å². The lowest BCUT2D eigenvalue weighted by Crippen LogP contribution is -2.39. The molecule has 158 valence electrons. The van der Waals surface area contributed by atoms with Crippen molar-refractivity contribution in [3.05, 3.63) is 78.0 Å². The molecule has 9 heteroatoms. The van der Waals surface area contributed by atoms with Crippen molar-refractivity contribution in [3.8, 4) is 0 Å². The van der Waals surface area contributed by atoms with Crippen LogP contribution in [-0.4, -0.2) is 37.0 Å². The average molecular weight is 420 g/mol. The smallest absolute Gasteiger partial charge is 0.454 e. The predicted molar refractivity (Wildman–Crippen MR) is 104 cm³/mol. The molecular weight excluding hydrogens is 401 g/mol. The fraction of sp³-hybridized carbons (Fsp3) is 0.190. The third kappa shape index (κ3) is 6.77. The van der Waals surface area contributed by atoms with E-state index in [-0.39, 0.29) is 6.42 Å². The van der Waals surface area contributed by atoms with Gasteiger partial charge in [0.15, 0.2) is 0 Å². The molecule has 1 atom stereocenters. The van der Waals surface area contributed by atoms with E-state index >= 15 is 0 Å². The Bertz CT molecular complexity index is 910. The van der Waals surface area contributed by atoms with Gasteiger partial charge in [0.25, 0.3) is 5.78 Å². The number of rotatable bonds is 8. The lowest BCUT2D eigenvalue weighted by atomic mass is 10.1. The molecule has 0 aliphatic rings. The Labute approximate surface area is 170 Å². The number of carbonyl (C=O) groups excluding carboxylic acids is 3. The summed E-state index contributed by atoms with van der Waals surface area (Å²) in [6, 6.07) is 13.8. The van der Waals surface area contributed by atoms with Gasteiger partial charge in [-0.25, -0.2) is 4.79 Å². The minimum atomic E-state index is -4.99. The van der Waals surface area contributed by atoms with Crippen LogP contribution in [-0.2, 0) is 20.7 Å². The van der Waals surface area contributed by atoms with Crippen LogP contribution in [0.25, 0.3) is 0 Å². The lowest BCUT2D eigenvalue weighted by molar-refractivity contribution is -0.165. The van der Waals surface area contributed by atoms with Crippen LogP contribution < -0.4 is 10.6 Å². The van der Waals surface area contributed by atoms with Crippen molar-refractivity contribution in [3.63, 3.8) is 0 Å².